The van der Waals surface area contributed by atoms with Crippen molar-refractivity contribution in [2.24, 2.45) is 0 Å². The van der Waals surface area contributed by atoms with Gasteiger partial charge in [0.1, 0.15) is 0 Å². The van der Waals surface area contributed by atoms with E-state index in [0.717, 1.165) is 24.9 Å². The van der Waals surface area contributed by atoms with Gasteiger partial charge in [-0.15, -0.1) is 0 Å². The summed E-state index contributed by atoms with van der Waals surface area (Å²) in [6.45, 7) is 13.1. The zero-order valence-electron chi connectivity index (χ0n) is 15.2. The van der Waals surface area contributed by atoms with Gasteiger partial charge in [-0.25, -0.2) is 0 Å². The summed E-state index contributed by atoms with van der Waals surface area (Å²) >= 11 is 0. The molecule has 0 fully saturated rings. The molecule has 1 N–H and O–H groups in total. The van der Waals surface area contributed by atoms with Gasteiger partial charge in [0.2, 0.25) is 5.91 Å². The van der Waals surface area contributed by atoms with E-state index in [1.54, 1.807) is 0 Å². The lowest BCUT2D eigenvalue weighted by Gasteiger charge is -2.35. The fourth-order valence-electron chi connectivity index (χ4n) is 3.21. The molecule has 0 saturated heterocycles. The van der Waals surface area contributed by atoms with E-state index in [-0.39, 0.29) is 5.91 Å². The number of carbonyl (C=O) groups is 1. The van der Waals surface area contributed by atoms with E-state index in [1.165, 1.54) is 23.7 Å². The van der Waals surface area contributed by atoms with Crippen LogP contribution in [0.5, 0.6) is 0 Å². The van der Waals surface area contributed by atoms with Gasteiger partial charge in [0.05, 0.1) is 5.54 Å². The third kappa shape index (κ3) is 4.28. The van der Waals surface area contributed by atoms with Crippen LogP contribution in [0.3, 0.4) is 0 Å². The summed E-state index contributed by atoms with van der Waals surface area (Å²) in [4.78, 5) is 13.8. The number of benzene rings is 1. The minimum absolute atomic E-state index is 0.0541. The predicted molar refractivity (Wildman–Crippen MR) is 96.8 cm³/mol. The first-order valence-corrected chi connectivity index (χ1v) is 8.42. The summed E-state index contributed by atoms with van der Waals surface area (Å²) in [6, 6.07) is 4.94. The second-order valence-electron chi connectivity index (χ2n) is 7.26. The van der Waals surface area contributed by atoms with Crippen LogP contribution in [0.4, 0.5) is 5.69 Å². The molecule has 0 atom stereocenters. The lowest BCUT2D eigenvalue weighted by Crippen LogP contribution is -2.40. The number of hydrogen-bond donors (Lipinski definition) is 1. The van der Waals surface area contributed by atoms with Crippen molar-refractivity contribution < 1.29 is 4.79 Å². The molecular formula is C20H28N2O. The monoisotopic (exact) mass is 312 g/mol. The van der Waals surface area contributed by atoms with E-state index in [9.17, 15) is 4.79 Å². The Kier molecular flexibility index (Phi) is 5.04. The smallest absolute Gasteiger partial charge is 0.218 e. The molecule has 0 bridgehead atoms. The Morgan fingerprint density at radius 3 is 2.65 bits per heavy atom. The van der Waals surface area contributed by atoms with E-state index in [4.69, 9.17) is 0 Å². The number of aryl methyl sites for hydroxylation is 1. The van der Waals surface area contributed by atoms with Crippen molar-refractivity contribution >= 4 is 11.6 Å². The first-order chi connectivity index (χ1) is 10.7. The summed E-state index contributed by atoms with van der Waals surface area (Å²) < 4.78 is 0. The highest BCUT2D eigenvalue weighted by Gasteiger charge is 2.22. The van der Waals surface area contributed by atoms with E-state index in [1.807, 2.05) is 13.8 Å². The molecule has 1 heterocycles. The summed E-state index contributed by atoms with van der Waals surface area (Å²) in [5, 5.41) is 2.89. The largest absolute Gasteiger partial charge is 0.369 e. The second kappa shape index (κ2) is 6.66. The highest BCUT2D eigenvalue weighted by molar-refractivity contribution is 5.74. The third-order valence-electron chi connectivity index (χ3n) is 4.13. The summed E-state index contributed by atoms with van der Waals surface area (Å²) in [6.07, 6.45) is 2.24. The Morgan fingerprint density at radius 1 is 1.35 bits per heavy atom. The molecular weight excluding hydrogens is 284 g/mol. The van der Waals surface area contributed by atoms with Gasteiger partial charge in [0, 0.05) is 30.8 Å². The van der Waals surface area contributed by atoms with Gasteiger partial charge in [-0.1, -0.05) is 11.8 Å². The lowest BCUT2D eigenvalue weighted by atomic mass is 9.93. The van der Waals surface area contributed by atoms with Crippen molar-refractivity contribution in [1.29, 1.82) is 0 Å². The van der Waals surface area contributed by atoms with E-state index in [2.05, 4.69) is 55.0 Å². The standard InChI is InChI=1S/C20H28N2O/c1-14(2)22-11-7-8-18-17(12-15(3)13-19(18)22)9-10-20(5,6)21-16(4)23/h12-14H,7-8,11H2,1-6H3,(H,21,23). The molecule has 0 radical (unpaired) electrons. The van der Waals surface area contributed by atoms with Gasteiger partial charge >= 0.3 is 0 Å². The van der Waals surface area contributed by atoms with Crippen LogP contribution < -0.4 is 10.2 Å². The number of anilines is 1. The highest BCUT2D eigenvalue weighted by atomic mass is 16.1. The number of rotatable bonds is 2. The van der Waals surface area contributed by atoms with Crippen molar-refractivity contribution in [3.8, 4) is 11.8 Å². The lowest BCUT2D eigenvalue weighted by molar-refractivity contribution is -0.119. The van der Waals surface area contributed by atoms with Crippen molar-refractivity contribution in [1.82, 2.24) is 5.32 Å². The fraction of sp³-hybridized carbons (Fsp3) is 0.550. The number of fused-ring (bicyclic) bond motifs is 1. The van der Waals surface area contributed by atoms with Crippen LogP contribution in [-0.2, 0) is 11.2 Å². The number of nitrogens with one attached hydrogen (secondary N) is 1. The van der Waals surface area contributed by atoms with Gasteiger partial charge in [0.25, 0.3) is 0 Å². The zero-order valence-corrected chi connectivity index (χ0v) is 15.2. The van der Waals surface area contributed by atoms with Crippen LogP contribution in [0, 0.1) is 18.8 Å². The van der Waals surface area contributed by atoms with Crippen LogP contribution in [-0.4, -0.2) is 24.0 Å². The molecule has 1 aliphatic rings. The van der Waals surface area contributed by atoms with Crippen LogP contribution in [0.15, 0.2) is 12.1 Å². The number of hydrogen-bond acceptors (Lipinski definition) is 2. The molecule has 1 aromatic carbocycles. The van der Waals surface area contributed by atoms with Gasteiger partial charge < -0.3 is 10.2 Å². The summed E-state index contributed by atoms with van der Waals surface area (Å²) in [7, 11) is 0. The molecule has 23 heavy (non-hydrogen) atoms. The van der Waals surface area contributed by atoms with Crippen LogP contribution in [0.1, 0.15) is 57.7 Å². The van der Waals surface area contributed by atoms with Gasteiger partial charge in [-0.3, -0.25) is 4.79 Å². The molecule has 124 valence electrons. The maximum Gasteiger partial charge on any atom is 0.218 e. The second-order valence-corrected chi connectivity index (χ2v) is 7.26. The molecule has 0 spiro atoms. The number of amides is 1. The van der Waals surface area contributed by atoms with Crippen LogP contribution in [0.2, 0.25) is 0 Å². The number of carbonyl (C=O) groups excluding carboxylic acids is 1. The SMILES string of the molecule is CC(=O)NC(C)(C)C#Cc1cc(C)cc2c1CCCN2C(C)C. The minimum Gasteiger partial charge on any atom is -0.369 e. The topological polar surface area (TPSA) is 32.3 Å². The van der Waals surface area contributed by atoms with Crippen molar-refractivity contribution in [3.63, 3.8) is 0 Å². The van der Waals surface area contributed by atoms with Gasteiger partial charge in [-0.2, -0.15) is 0 Å². The summed E-state index contributed by atoms with van der Waals surface area (Å²) in [5.74, 6) is 6.50. The molecule has 3 heteroatoms. The first-order valence-electron chi connectivity index (χ1n) is 8.42. The van der Waals surface area contributed by atoms with Crippen LogP contribution in [0.25, 0.3) is 0 Å². The maximum absolute atomic E-state index is 11.3. The normalized spacial score (nSPS) is 14.1. The molecule has 0 unspecified atom stereocenters. The fourth-order valence-corrected chi connectivity index (χ4v) is 3.21. The molecule has 0 saturated carbocycles. The molecule has 0 aliphatic carbocycles. The van der Waals surface area contributed by atoms with E-state index < -0.39 is 5.54 Å². The average molecular weight is 312 g/mol. The Bertz CT molecular complexity index is 662. The predicted octanol–water partition coefficient (Wildman–Crippen LogP) is 3.42. The van der Waals surface area contributed by atoms with E-state index >= 15 is 0 Å². The van der Waals surface area contributed by atoms with Crippen molar-refractivity contribution in [2.45, 2.75) is 66.0 Å². The molecule has 1 aromatic rings. The molecule has 1 amide bonds. The van der Waals surface area contributed by atoms with Gasteiger partial charge in [0.15, 0.2) is 0 Å². The summed E-state index contributed by atoms with van der Waals surface area (Å²) in [5.41, 5.74) is 4.49. The molecule has 2 rings (SSSR count). The average Bonchev–Trinajstić information content (AvgIpc) is 2.42. The van der Waals surface area contributed by atoms with Crippen molar-refractivity contribution in [2.75, 3.05) is 11.4 Å². The third-order valence-corrected chi connectivity index (χ3v) is 4.13. The van der Waals surface area contributed by atoms with E-state index in [0.29, 0.717) is 6.04 Å². The Labute approximate surface area is 140 Å². The number of nitrogens with zero attached hydrogens (tertiary/aromatic N) is 1. The Morgan fingerprint density at radius 2 is 2.04 bits per heavy atom. The minimum atomic E-state index is -0.519. The van der Waals surface area contributed by atoms with Crippen LogP contribution >= 0.6 is 0 Å². The van der Waals surface area contributed by atoms with Gasteiger partial charge in [-0.05, 0) is 70.7 Å². The Hall–Kier alpha value is -1.95. The Balaban J connectivity index is 2.44. The highest BCUT2D eigenvalue weighted by Crippen LogP contribution is 2.32. The van der Waals surface area contributed by atoms with Crippen molar-refractivity contribution in [3.05, 3.63) is 28.8 Å². The molecule has 3 nitrogen and oxygen atoms in total. The quantitative estimate of drug-likeness (QED) is 0.849. The molecule has 0 aromatic heterocycles. The molecule has 1 aliphatic heterocycles. The maximum atomic E-state index is 11.3. The zero-order chi connectivity index (χ0) is 17.2. The first kappa shape index (κ1) is 17.4.